The molecular formula is C14H25N3O. The van der Waals surface area contributed by atoms with E-state index in [0.717, 1.165) is 24.8 Å². The molecular weight excluding hydrogens is 226 g/mol. The summed E-state index contributed by atoms with van der Waals surface area (Å²) in [6, 6.07) is 4.33. The lowest BCUT2D eigenvalue weighted by Crippen LogP contribution is -2.37. The number of rotatable bonds is 6. The molecule has 4 heteroatoms. The highest BCUT2D eigenvalue weighted by atomic mass is 16.3. The molecule has 1 aromatic heterocycles. The molecule has 0 aliphatic carbocycles. The van der Waals surface area contributed by atoms with Crippen LogP contribution in [0.4, 0.5) is 0 Å². The van der Waals surface area contributed by atoms with E-state index in [0.29, 0.717) is 6.04 Å². The first-order valence-electron chi connectivity index (χ1n) is 6.88. The summed E-state index contributed by atoms with van der Waals surface area (Å²) in [5.74, 6) is 1.86. The first kappa shape index (κ1) is 13.6. The Balaban J connectivity index is 1.76. The van der Waals surface area contributed by atoms with E-state index < -0.39 is 0 Å². The Hall–Kier alpha value is -0.840. The van der Waals surface area contributed by atoms with Gasteiger partial charge in [-0.3, -0.25) is 4.90 Å². The van der Waals surface area contributed by atoms with Gasteiger partial charge in [-0.05, 0) is 64.6 Å². The van der Waals surface area contributed by atoms with E-state index in [-0.39, 0.29) is 0 Å². The van der Waals surface area contributed by atoms with Gasteiger partial charge in [0.2, 0.25) is 0 Å². The summed E-state index contributed by atoms with van der Waals surface area (Å²) in [5.41, 5.74) is 0. The second-order valence-electron chi connectivity index (χ2n) is 5.35. The molecule has 2 rings (SSSR count). The average molecular weight is 251 g/mol. The van der Waals surface area contributed by atoms with Crippen molar-refractivity contribution in [2.24, 2.45) is 5.92 Å². The van der Waals surface area contributed by atoms with Crippen molar-refractivity contribution >= 4 is 0 Å². The molecule has 1 unspecified atom stereocenters. The number of piperidine rings is 1. The van der Waals surface area contributed by atoms with Crippen LogP contribution in [0.5, 0.6) is 0 Å². The zero-order chi connectivity index (χ0) is 12.8. The minimum absolute atomic E-state index is 0.321. The summed E-state index contributed by atoms with van der Waals surface area (Å²) in [6.45, 7) is 4.40. The Bertz CT molecular complexity index is 318. The summed E-state index contributed by atoms with van der Waals surface area (Å²) in [6.07, 6.45) is 4.33. The highest BCUT2D eigenvalue weighted by molar-refractivity contribution is 5.05. The second-order valence-corrected chi connectivity index (χ2v) is 5.35. The van der Waals surface area contributed by atoms with Gasteiger partial charge in [0.25, 0.3) is 0 Å². The smallest absolute Gasteiger partial charge is 0.122 e. The molecule has 0 saturated carbocycles. The zero-order valence-electron chi connectivity index (χ0n) is 11.5. The van der Waals surface area contributed by atoms with Crippen LogP contribution in [0.1, 0.15) is 24.6 Å². The largest absolute Gasteiger partial charge is 0.468 e. The molecule has 1 aliphatic rings. The molecule has 2 N–H and O–H groups in total. The van der Waals surface area contributed by atoms with Crippen molar-refractivity contribution in [3.05, 3.63) is 24.2 Å². The molecule has 0 amide bonds. The van der Waals surface area contributed by atoms with E-state index in [9.17, 15) is 0 Å². The van der Waals surface area contributed by atoms with Gasteiger partial charge < -0.3 is 15.1 Å². The first-order chi connectivity index (χ1) is 8.77. The summed E-state index contributed by atoms with van der Waals surface area (Å²) in [7, 11) is 4.19. The molecule has 1 fully saturated rings. The van der Waals surface area contributed by atoms with Crippen LogP contribution in [0.15, 0.2) is 22.8 Å². The van der Waals surface area contributed by atoms with Crippen LogP contribution in [0.2, 0.25) is 0 Å². The molecule has 0 aromatic carbocycles. The van der Waals surface area contributed by atoms with Crippen LogP contribution in [-0.4, -0.2) is 45.2 Å². The second kappa shape index (κ2) is 6.92. The number of hydrogen-bond donors (Lipinski definition) is 2. The van der Waals surface area contributed by atoms with Crippen molar-refractivity contribution in [3.8, 4) is 0 Å². The molecule has 1 aromatic rings. The first-order valence-corrected chi connectivity index (χ1v) is 6.88. The topological polar surface area (TPSA) is 40.4 Å². The van der Waals surface area contributed by atoms with E-state index >= 15 is 0 Å². The van der Waals surface area contributed by atoms with Crippen LogP contribution >= 0.6 is 0 Å². The SMILES string of the molecule is CN(C)C(CNCC1CCNCC1)c1ccco1. The molecule has 18 heavy (non-hydrogen) atoms. The van der Waals surface area contributed by atoms with Gasteiger partial charge in [0.05, 0.1) is 12.3 Å². The third-order valence-electron chi connectivity index (χ3n) is 3.72. The van der Waals surface area contributed by atoms with Crippen molar-refractivity contribution < 1.29 is 4.42 Å². The van der Waals surface area contributed by atoms with Crippen LogP contribution in [0.3, 0.4) is 0 Å². The quantitative estimate of drug-likeness (QED) is 0.803. The standard InChI is InChI=1S/C14H25N3O/c1-17(2)13(14-4-3-9-18-14)11-16-10-12-5-7-15-8-6-12/h3-4,9,12-13,15-16H,5-8,10-11H2,1-2H3. The van der Waals surface area contributed by atoms with E-state index in [1.807, 2.05) is 6.07 Å². The van der Waals surface area contributed by atoms with Gasteiger partial charge in [-0.2, -0.15) is 0 Å². The van der Waals surface area contributed by atoms with Gasteiger partial charge in [-0.1, -0.05) is 0 Å². The Morgan fingerprint density at radius 1 is 1.44 bits per heavy atom. The van der Waals surface area contributed by atoms with Crippen LogP contribution in [-0.2, 0) is 0 Å². The van der Waals surface area contributed by atoms with Crippen LogP contribution in [0, 0.1) is 5.92 Å². The molecule has 2 heterocycles. The number of likely N-dealkylation sites (N-methyl/N-ethyl adjacent to an activating group) is 1. The monoisotopic (exact) mass is 251 g/mol. The number of nitrogens with zero attached hydrogens (tertiary/aromatic N) is 1. The van der Waals surface area contributed by atoms with Crippen molar-refractivity contribution in [2.45, 2.75) is 18.9 Å². The number of nitrogens with one attached hydrogen (secondary N) is 2. The minimum Gasteiger partial charge on any atom is -0.468 e. The maximum atomic E-state index is 5.51. The lowest BCUT2D eigenvalue weighted by molar-refractivity contribution is 0.243. The predicted octanol–water partition coefficient (Wildman–Crippen LogP) is 1.47. The molecule has 102 valence electrons. The van der Waals surface area contributed by atoms with Crippen molar-refractivity contribution in [1.82, 2.24) is 15.5 Å². The van der Waals surface area contributed by atoms with E-state index in [1.54, 1.807) is 6.26 Å². The third kappa shape index (κ3) is 3.83. The lowest BCUT2D eigenvalue weighted by Gasteiger charge is -2.26. The Kier molecular flexibility index (Phi) is 5.23. The fraction of sp³-hybridized carbons (Fsp3) is 0.714. The maximum absolute atomic E-state index is 5.51. The van der Waals surface area contributed by atoms with Gasteiger partial charge in [-0.15, -0.1) is 0 Å². The van der Waals surface area contributed by atoms with E-state index in [4.69, 9.17) is 4.42 Å². The highest BCUT2D eigenvalue weighted by Crippen LogP contribution is 2.18. The molecule has 4 nitrogen and oxygen atoms in total. The molecule has 1 aliphatic heterocycles. The Labute approximate surface area is 110 Å². The van der Waals surface area contributed by atoms with Crippen molar-refractivity contribution in [2.75, 3.05) is 40.3 Å². The molecule has 0 spiro atoms. The summed E-state index contributed by atoms with van der Waals surface area (Å²) >= 11 is 0. The zero-order valence-corrected chi connectivity index (χ0v) is 11.5. The Morgan fingerprint density at radius 2 is 2.22 bits per heavy atom. The van der Waals surface area contributed by atoms with Gasteiger partial charge >= 0.3 is 0 Å². The summed E-state index contributed by atoms with van der Waals surface area (Å²) in [4.78, 5) is 2.20. The molecule has 0 bridgehead atoms. The lowest BCUT2D eigenvalue weighted by atomic mass is 9.98. The van der Waals surface area contributed by atoms with Gasteiger partial charge in [-0.25, -0.2) is 0 Å². The third-order valence-corrected chi connectivity index (χ3v) is 3.72. The van der Waals surface area contributed by atoms with Gasteiger partial charge in [0.15, 0.2) is 0 Å². The maximum Gasteiger partial charge on any atom is 0.122 e. The highest BCUT2D eigenvalue weighted by Gasteiger charge is 2.18. The molecule has 1 saturated heterocycles. The van der Waals surface area contributed by atoms with Crippen LogP contribution < -0.4 is 10.6 Å². The minimum atomic E-state index is 0.321. The van der Waals surface area contributed by atoms with Gasteiger partial charge in [0.1, 0.15) is 5.76 Å². The summed E-state index contributed by atoms with van der Waals surface area (Å²) in [5, 5.41) is 7.00. The Morgan fingerprint density at radius 3 is 2.83 bits per heavy atom. The van der Waals surface area contributed by atoms with E-state index in [1.165, 1.54) is 25.9 Å². The fourth-order valence-corrected chi connectivity index (χ4v) is 2.53. The molecule has 0 radical (unpaired) electrons. The summed E-state index contributed by atoms with van der Waals surface area (Å²) < 4.78 is 5.51. The predicted molar refractivity (Wildman–Crippen MR) is 73.6 cm³/mol. The molecule has 1 atom stereocenters. The number of furan rings is 1. The van der Waals surface area contributed by atoms with E-state index in [2.05, 4.69) is 35.7 Å². The van der Waals surface area contributed by atoms with Crippen LogP contribution in [0.25, 0.3) is 0 Å². The fourth-order valence-electron chi connectivity index (χ4n) is 2.53. The normalized spacial score (nSPS) is 19.3. The van der Waals surface area contributed by atoms with Crippen molar-refractivity contribution in [3.63, 3.8) is 0 Å². The number of hydrogen-bond acceptors (Lipinski definition) is 4. The van der Waals surface area contributed by atoms with Crippen molar-refractivity contribution in [1.29, 1.82) is 0 Å². The van der Waals surface area contributed by atoms with Gasteiger partial charge in [0, 0.05) is 6.54 Å². The average Bonchev–Trinajstić information content (AvgIpc) is 2.89.